The molecule has 0 atom stereocenters. The first-order chi connectivity index (χ1) is 8.13. The number of aromatic nitrogens is 1. The average Bonchev–Trinajstić information content (AvgIpc) is 2.25. The maximum atomic E-state index is 10.9. The minimum atomic E-state index is -0.419. The summed E-state index contributed by atoms with van der Waals surface area (Å²) in [5.74, 6) is 6.06. The van der Waals surface area contributed by atoms with Crippen molar-refractivity contribution in [3.05, 3.63) is 22.2 Å². The van der Waals surface area contributed by atoms with Gasteiger partial charge in [0.25, 0.3) is 0 Å². The van der Waals surface area contributed by atoms with Crippen molar-refractivity contribution < 1.29 is 4.92 Å². The molecule has 0 aliphatic heterocycles. The summed E-state index contributed by atoms with van der Waals surface area (Å²) < 4.78 is 0. The molecule has 0 radical (unpaired) electrons. The van der Waals surface area contributed by atoms with Crippen LogP contribution in [-0.4, -0.2) is 23.0 Å². The van der Waals surface area contributed by atoms with E-state index in [1.54, 1.807) is 0 Å². The topological polar surface area (TPSA) is 97.3 Å². The van der Waals surface area contributed by atoms with Crippen LogP contribution < -0.4 is 16.2 Å². The highest BCUT2D eigenvalue weighted by Gasteiger charge is 2.28. The van der Waals surface area contributed by atoms with Gasteiger partial charge in [0.05, 0.1) is 4.92 Å². The molecular weight excluding hydrogens is 222 g/mol. The Morgan fingerprint density at radius 2 is 2.29 bits per heavy atom. The van der Waals surface area contributed by atoms with E-state index in [2.05, 4.69) is 10.4 Å². The molecule has 92 valence electrons. The molecule has 0 spiro atoms. The second kappa shape index (κ2) is 4.54. The van der Waals surface area contributed by atoms with Crippen LogP contribution in [0.2, 0.25) is 0 Å². The van der Waals surface area contributed by atoms with E-state index in [0.717, 1.165) is 19.3 Å². The van der Waals surface area contributed by atoms with Crippen molar-refractivity contribution in [2.45, 2.75) is 25.3 Å². The molecule has 2 rings (SSSR count). The molecule has 7 heteroatoms. The number of nitrogens with zero attached hydrogens (tertiary/aromatic N) is 3. The number of anilines is 2. The molecule has 17 heavy (non-hydrogen) atoms. The Labute approximate surface area is 98.7 Å². The van der Waals surface area contributed by atoms with Crippen molar-refractivity contribution >= 4 is 17.3 Å². The van der Waals surface area contributed by atoms with Gasteiger partial charge in [-0.2, -0.15) is 0 Å². The number of nitrogen functional groups attached to an aromatic ring is 1. The van der Waals surface area contributed by atoms with Crippen LogP contribution in [0.4, 0.5) is 17.3 Å². The minimum Gasteiger partial charge on any atom is -0.351 e. The average molecular weight is 237 g/mol. The fourth-order valence-corrected chi connectivity index (χ4v) is 1.87. The van der Waals surface area contributed by atoms with Gasteiger partial charge in [0.2, 0.25) is 5.82 Å². The van der Waals surface area contributed by atoms with E-state index >= 15 is 0 Å². The van der Waals surface area contributed by atoms with Crippen LogP contribution in [0.15, 0.2) is 12.1 Å². The van der Waals surface area contributed by atoms with Crippen LogP contribution in [-0.2, 0) is 0 Å². The lowest BCUT2D eigenvalue weighted by atomic mass is 9.92. The van der Waals surface area contributed by atoms with E-state index in [9.17, 15) is 10.1 Å². The van der Waals surface area contributed by atoms with Gasteiger partial charge in [-0.15, -0.1) is 0 Å². The summed E-state index contributed by atoms with van der Waals surface area (Å²) in [5, 5.41) is 10.9. The van der Waals surface area contributed by atoms with E-state index in [4.69, 9.17) is 5.84 Å². The quantitative estimate of drug-likeness (QED) is 0.465. The van der Waals surface area contributed by atoms with Crippen LogP contribution >= 0.6 is 0 Å². The number of nitrogens with one attached hydrogen (secondary N) is 1. The summed E-state index contributed by atoms with van der Waals surface area (Å²) in [5.41, 5.74) is 2.42. The zero-order valence-corrected chi connectivity index (χ0v) is 9.59. The van der Waals surface area contributed by atoms with Gasteiger partial charge in [-0.05, 0) is 25.3 Å². The number of nitro groups is 1. The number of hydrazine groups is 1. The normalized spacial score (nSPS) is 15.2. The van der Waals surface area contributed by atoms with Gasteiger partial charge < -0.3 is 10.3 Å². The predicted octanol–water partition coefficient (Wildman–Crippen LogP) is 1.26. The molecule has 1 aliphatic carbocycles. The lowest BCUT2D eigenvalue weighted by Gasteiger charge is -2.35. The first-order valence-electron chi connectivity index (χ1n) is 5.48. The van der Waals surface area contributed by atoms with Crippen molar-refractivity contribution in [3.63, 3.8) is 0 Å². The summed E-state index contributed by atoms with van der Waals surface area (Å²) >= 11 is 0. The van der Waals surface area contributed by atoms with Gasteiger partial charge in [0, 0.05) is 19.2 Å². The molecule has 0 aromatic carbocycles. The smallest absolute Gasteiger partial charge is 0.311 e. The molecule has 3 N–H and O–H groups in total. The van der Waals surface area contributed by atoms with E-state index in [1.165, 1.54) is 12.1 Å². The van der Waals surface area contributed by atoms with Crippen molar-refractivity contribution in [1.29, 1.82) is 0 Å². The van der Waals surface area contributed by atoms with Crippen LogP contribution in [0.1, 0.15) is 19.3 Å². The maximum absolute atomic E-state index is 10.9. The Hall–Kier alpha value is -1.89. The van der Waals surface area contributed by atoms with Gasteiger partial charge >= 0.3 is 5.69 Å². The number of pyridine rings is 1. The van der Waals surface area contributed by atoms with E-state index in [1.807, 2.05) is 11.9 Å². The summed E-state index contributed by atoms with van der Waals surface area (Å²) in [4.78, 5) is 16.6. The molecule has 1 heterocycles. The van der Waals surface area contributed by atoms with Gasteiger partial charge in [-0.25, -0.2) is 10.8 Å². The van der Waals surface area contributed by atoms with Gasteiger partial charge in [0.15, 0.2) is 0 Å². The fourth-order valence-electron chi connectivity index (χ4n) is 1.87. The zero-order chi connectivity index (χ0) is 12.4. The fraction of sp³-hybridized carbons (Fsp3) is 0.500. The number of rotatable bonds is 4. The Balaban J connectivity index is 2.36. The third-order valence-electron chi connectivity index (χ3n) is 3.16. The lowest BCUT2D eigenvalue weighted by Crippen LogP contribution is -2.38. The van der Waals surface area contributed by atoms with Crippen molar-refractivity contribution in [1.82, 2.24) is 4.98 Å². The summed E-state index contributed by atoms with van der Waals surface area (Å²) in [6.45, 7) is 0. The van der Waals surface area contributed by atoms with Crippen LogP contribution in [0, 0.1) is 10.1 Å². The molecule has 1 fully saturated rings. The SMILES string of the molecule is CN(c1nc(NN)ccc1[N+](=O)[O-])C1CCC1. The molecule has 1 aromatic rings. The zero-order valence-electron chi connectivity index (χ0n) is 9.59. The summed E-state index contributed by atoms with van der Waals surface area (Å²) in [7, 11) is 1.83. The predicted molar refractivity (Wildman–Crippen MR) is 64.7 cm³/mol. The maximum Gasteiger partial charge on any atom is 0.311 e. The van der Waals surface area contributed by atoms with Gasteiger partial charge in [-0.1, -0.05) is 0 Å². The Bertz CT molecular complexity index is 433. The van der Waals surface area contributed by atoms with Crippen LogP contribution in [0.25, 0.3) is 0 Å². The summed E-state index contributed by atoms with van der Waals surface area (Å²) in [6.07, 6.45) is 3.27. The Kier molecular flexibility index (Phi) is 3.10. The highest BCUT2D eigenvalue weighted by atomic mass is 16.6. The van der Waals surface area contributed by atoms with Crippen LogP contribution in [0.3, 0.4) is 0 Å². The Morgan fingerprint density at radius 3 is 2.76 bits per heavy atom. The highest BCUT2D eigenvalue weighted by molar-refractivity contribution is 5.61. The Morgan fingerprint density at radius 1 is 1.59 bits per heavy atom. The minimum absolute atomic E-state index is 0.0124. The number of hydrogen-bond acceptors (Lipinski definition) is 6. The van der Waals surface area contributed by atoms with E-state index in [0.29, 0.717) is 17.7 Å². The number of nitrogens with two attached hydrogens (primary N) is 1. The van der Waals surface area contributed by atoms with Crippen molar-refractivity contribution in [2.75, 3.05) is 17.4 Å². The monoisotopic (exact) mass is 237 g/mol. The second-order valence-corrected chi connectivity index (χ2v) is 4.14. The van der Waals surface area contributed by atoms with Crippen molar-refractivity contribution in [3.8, 4) is 0 Å². The molecule has 0 unspecified atom stereocenters. The molecule has 1 aromatic heterocycles. The third-order valence-corrected chi connectivity index (χ3v) is 3.16. The number of hydrogen-bond donors (Lipinski definition) is 2. The molecule has 0 amide bonds. The van der Waals surface area contributed by atoms with Crippen molar-refractivity contribution in [2.24, 2.45) is 5.84 Å². The molecule has 1 aliphatic rings. The van der Waals surface area contributed by atoms with E-state index < -0.39 is 4.92 Å². The molecule has 7 nitrogen and oxygen atoms in total. The molecule has 0 bridgehead atoms. The largest absolute Gasteiger partial charge is 0.351 e. The van der Waals surface area contributed by atoms with E-state index in [-0.39, 0.29) is 5.69 Å². The van der Waals surface area contributed by atoms with Gasteiger partial charge in [-0.3, -0.25) is 10.1 Å². The second-order valence-electron chi connectivity index (χ2n) is 4.14. The lowest BCUT2D eigenvalue weighted by molar-refractivity contribution is -0.384. The summed E-state index contributed by atoms with van der Waals surface area (Å²) in [6, 6.07) is 3.26. The molecule has 1 saturated carbocycles. The molecule has 0 saturated heterocycles. The first kappa shape index (κ1) is 11.6. The third kappa shape index (κ3) is 2.14. The molecular formula is C10H15N5O2. The van der Waals surface area contributed by atoms with Crippen LogP contribution in [0.5, 0.6) is 0 Å². The highest BCUT2D eigenvalue weighted by Crippen LogP contribution is 2.33. The first-order valence-corrected chi connectivity index (χ1v) is 5.48. The van der Waals surface area contributed by atoms with Gasteiger partial charge in [0.1, 0.15) is 5.82 Å². The standard InChI is InChI=1S/C10H15N5O2/c1-14(7-3-2-4-7)10-8(15(16)17)5-6-9(12-10)13-11/h5-7H,2-4,11H2,1H3,(H,12,13).